The second-order valence-electron chi connectivity index (χ2n) is 6.89. The molecule has 6 nitrogen and oxygen atoms in total. The van der Waals surface area contributed by atoms with Crippen LogP contribution in [0.4, 0.5) is 0 Å². The number of rotatable bonds is 4. The van der Waals surface area contributed by atoms with Gasteiger partial charge in [0.05, 0.1) is 16.0 Å². The van der Waals surface area contributed by atoms with Gasteiger partial charge >= 0.3 is 0 Å². The van der Waals surface area contributed by atoms with Gasteiger partial charge in [0.1, 0.15) is 0 Å². The number of aryl methyl sites for hydroxylation is 2. The number of benzene rings is 2. The van der Waals surface area contributed by atoms with Crippen molar-refractivity contribution in [2.45, 2.75) is 37.1 Å². The summed E-state index contributed by atoms with van der Waals surface area (Å²) in [7, 11) is -3.76. The lowest BCUT2D eigenvalue weighted by Gasteiger charge is -2.10. The Morgan fingerprint density at radius 1 is 1.11 bits per heavy atom. The van der Waals surface area contributed by atoms with Gasteiger partial charge < -0.3 is 10.3 Å². The Bertz CT molecular complexity index is 1130. The Morgan fingerprint density at radius 3 is 2.70 bits per heavy atom. The predicted octanol–water partition coefficient (Wildman–Crippen LogP) is 2.62. The number of amides is 1. The standard InChI is InChI=1S/C20H21N3O3S/c21-27(25,26)14-6-3-5-13(11-14)12-22-20(24)17-9-4-8-16-15-7-1-2-10-18(15)23-19(16)17/h3-6,8-9,11,23H,1-2,7,10,12H2,(H,22,24)(H2,21,25,26). The van der Waals surface area contributed by atoms with Gasteiger partial charge in [0.25, 0.3) is 5.91 Å². The van der Waals surface area contributed by atoms with Crippen LogP contribution >= 0.6 is 0 Å². The molecule has 1 aliphatic carbocycles. The molecule has 1 heterocycles. The van der Waals surface area contributed by atoms with Crippen LogP contribution in [0, 0.1) is 0 Å². The van der Waals surface area contributed by atoms with Gasteiger partial charge in [-0.2, -0.15) is 0 Å². The smallest absolute Gasteiger partial charge is 0.253 e. The Balaban J connectivity index is 1.58. The summed E-state index contributed by atoms with van der Waals surface area (Å²) in [5.41, 5.74) is 4.71. The molecule has 0 saturated carbocycles. The number of carbonyl (C=O) groups is 1. The molecule has 0 saturated heterocycles. The van der Waals surface area contributed by atoms with E-state index in [1.807, 2.05) is 6.07 Å². The first-order valence-electron chi connectivity index (χ1n) is 8.96. The van der Waals surface area contributed by atoms with Crippen LogP contribution in [0.15, 0.2) is 47.4 Å². The lowest BCUT2D eigenvalue weighted by Crippen LogP contribution is -2.23. The molecule has 4 N–H and O–H groups in total. The quantitative estimate of drug-likeness (QED) is 0.645. The van der Waals surface area contributed by atoms with Gasteiger partial charge in [0.15, 0.2) is 0 Å². The molecule has 1 aromatic heterocycles. The highest BCUT2D eigenvalue weighted by Gasteiger charge is 2.19. The van der Waals surface area contributed by atoms with Crippen molar-refractivity contribution < 1.29 is 13.2 Å². The number of hydrogen-bond acceptors (Lipinski definition) is 3. The fraction of sp³-hybridized carbons (Fsp3) is 0.250. The predicted molar refractivity (Wildman–Crippen MR) is 104 cm³/mol. The highest BCUT2D eigenvalue weighted by atomic mass is 32.2. The first-order chi connectivity index (χ1) is 12.9. The minimum absolute atomic E-state index is 0.0355. The molecule has 140 valence electrons. The maximum atomic E-state index is 12.8. The third-order valence-corrected chi connectivity index (χ3v) is 5.97. The summed E-state index contributed by atoms with van der Waals surface area (Å²) in [5, 5.41) is 9.15. The minimum atomic E-state index is -3.76. The van der Waals surface area contributed by atoms with Crippen molar-refractivity contribution in [3.63, 3.8) is 0 Å². The molecule has 3 aromatic rings. The number of para-hydroxylation sites is 1. The first kappa shape index (κ1) is 17.8. The van der Waals surface area contributed by atoms with Gasteiger partial charge in [-0.1, -0.05) is 24.3 Å². The summed E-state index contributed by atoms with van der Waals surface area (Å²) in [6.45, 7) is 0.221. The molecule has 0 radical (unpaired) electrons. The van der Waals surface area contributed by atoms with E-state index >= 15 is 0 Å². The third kappa shape index (κ3) is 3.48. The molecular formula is C20H21N3O3S. The zero-order chi connectivity index (χ0) is 19.0. The number of aromatic nitrogens is 1. The van der Waals surface area contributed by atoms with E-state index in [0.717, 1.165) is 23.7 Å². The fourth-order valence-corrected chi connectivity index (χ4v) is 4.31. The highest BCUT2D eigenvalue weighted by molar-refractivity contribution is 7.89. The van der Waals surface area contributed by atoms with E-state index in [4.69, 9.17) is 5.14 Å². The van der Waals surface area contributed by atoms with Crippen molar-refractivity contribution in [2.24, 2.45) is 5.14 Å². The summed E-state index contributed by atoms with van der Waals surface area (Å²) in [4.78, 5) is 16.2. The maximum Gasteiger partial charge on any atom is 0.253 e. The topological polar surface area (TPSA) is 105 Å². The lowest BCUT2D eigenvalue weighted by atomic mass is 9.95. The normalized spacial score (nSPS) is 14.1. The molecule has 0 spiro atoms. The van der Waals surface area contributed by atoms with Crippen molar-refractivity contribution in [2.75, 3.05) is 0 Å². The molecule has 7 heteroatoms. The van der Waals surface area contributed by atoms with Gasteiger partial charge in [0, 0.05) is 17.6 Å². The average Bonchev–Trinajstić information content (AvgIpc) is 3.04. The molecule has 4 rings (SSSR count). The Hall–Kier alpha value is -2.64. The van der Waals surface area contributed by atoms with Crippen LogP contribution in [-0.4, -0.2) is 19.3 Å². The SMILES string of the molecule is NS(=O)(=O)c1cccc(CNC(=O)c2cccc3c4c([nH]c23)CCCC4)c1. The molecule has 0 atom stereocenters. The van der Waals surface area contributed by atoms with Crippen molar-refractivity contribution in [1.82, 2.24) is 10.3 Å². The number of fused-ring (bicyclic) bond motifs is 3. The molecule has 0 bridgehead atoms. The number of carbonyl (C=O) groups excluding carboxylic acids is 1. The van der Waals surface area contributed by atoms with Crippen LogP contribution < -0.4 is 10.5 Å². The number of hydrogen-bond donors (Lipinski definition) is 3. The van der Waals surface area contributed by atoms with Crippen LogP contribution in [0.1, 0.15) is 40.0 Å². The van der Waals surface area contributed by atoms with Crippen molar-refractivity contribution in [1.29, 1.82) is 0 Å². The van der Waals surface area contributed by atoms with E-state index in [9.17, 15) is 13.2 Å². The van der Waals surface area contributed by atoms with Gasteiger partial charge in [0.2, 0.25) is 10.0 Å². The summed E-state index contributed by atoms with van der Waals surface area (Å²) in [6, 6.07) is 12.0. The largest absolute Gasteiger partial charge is 0.358 e. The van der Waals surface area contributed by atoms with Crippen molar-refractivity contribution in [3.05, 3.63) is 64.8 Å². The second-order valence-corrected chi connectivity index (χ2v) is 8.45. The minimum Gasteiger partial charge on any atom is -0.358 e. The van der Waals surface area contributed by atoms with Crippen LogP contribution in [-0.2, 0) is 29.4 Å². The van der Waals surface area contributed by atoms with Crippen molar-refractivity contribution >= 4 is 26.8 Å². The van der Waals surface area contributed by atoms with E-state index in [1.54, 1.807) is 18.2 Å². The maximum absolute atomic E-state index is 12.8. The van der Waals surface area contributed by atoms with Gasteiger partial charge in [-0.05, 0) is 55.0 Å². The monoisotopic (exact) mass is 383 g/mol. The Morgan fingerprint density at radius 2 is 1.89 bits per heavy atom. The Labute approximate surface area is 157 Å². The van der Waals surface area contributed by atoms with Crippen molar-refractivity contribution in [3.8, 4) is 0 Å². The number of H-pyrrole nitrogens is 1. The number of nitrogens with two attached hydrogens (primary N) is 1. The van der Waals surface area contributed by atoms with E-state index in [2.05, 4.69) is 16.4 Å². The zero-order valence-electron chi connectivity index (χ0n) is 14.8. The number of aromatic amines is 1. The number of sulfonamides is 1. The van der Waals surface area contributed by atoms with Crippen LogP contribution in [0.25, 0.3) is 10.9 Å². The van der Waals surface area contributed by atoms with Gasteiger partial charge in [-0.15, -0.1) is 0 Å². The number of nitrogens with one attached hydrogen (secondary N) is 2. The summed E-state index contributed by atoms with van der Waals surface area (Å²) >= 11 is 0. The molecule has 1 amide bonds. The highest BCUT2D eigenvalue weighted by Crippen LogP contribution is 2.30. The summed E-state index contributed by atoms with van der Waals surface area (Å²) < 4.78 is 22.9. The molecule has 0 aliphatic heterocycles. The average molecular weight is 383 g/mol. The van der Waals surface area contributed by atoms with E-state index in [0.29, 0.717) is 11.1 Å². The third-order valence-electron chi connectivity index (χ3n) is 5.06. The molecule has 27 heavy (non-hydrogen) atoms. The van der Waals surface area contributed by atoms with Crippen LogP contribution in [0.3, 0.4) is 0 Å². The molecular weight excluding hydrogens is 362 g/mol. The molecule has 2 aromatic carbocycles. The second kappa shape index (κ2) is 6.83. The summed E-state index contributed by atoms with van der Waals surface area (Å²) in [5.74, 6) is -0.194. The molecule has 1 aliphatic rings. The summed E-state index contributed by atoms with van der Waals surface area (Å²) in [6.07, 6.45) is 4.41. The van der Waals surface area contributed by atoms with E-state index in [1.165, 1.54) is 36.2 Å². The fourth-order valence-electron chi connectivity index (χ4n) is 3.73. The molecule has 0 fully saturated rings. The van der Waals surface area contributed by atoms with E-state index in [-0.39, 0.29) is 17.3 Å². The van der Waals surface area contributed by atoms with E-state index < -0.39 is 10.0 Å². The molecule has 0 unspecified atom stereocenters. The van der Waals surface area contributed by atoms with Gasteiger partial charge in [-0.3, -0.25) is 4.79 Å². The van der Waals surface area contributed by atoms with Gasteiger partial charge in [-0.25, -0.2) is 13.6 Å². The lowest BCUT2D eigenvalue weighted by molar-refractivity contribution is 0.0952. The first-order valence-corrected chi connectivity index (χ1v) is 10.5. The van der Waals surface area contributed by atoms with Crippen LogP contribution in [0.2, 0.25) is 0 Å². The number of primary sulfonamides is 1. The zero-order valence-corrected chi connectivity index (χ0v) is 15.6. The van der Waals surface area contributed by atoms with Crippen LogP contribution in [0.5, 0.6) is 0 Å². The Kier molecular flexibility index (Phi) is 4.49.